The van der Waals surface area contributed by atoms with Gasteiger partial charge >= 0.3 is 20.0 Å². The molecular weight excluding hydrogens is 355 g/mol. The second-order valence-corrected chi connectivity index (χ2v) is 8.03. The molecule has 0 radical (unpaired) electrons. The topological polar surface area (TPSA) is 132 Å². The van der Waals surface area contributed by atoms with Crippen LogP contribution in [-0.4, -0.2) is 62.3 Å². The van der Waals surface area contributed by atoms with E-state index in [1.807, 2.05) is 0 Å². The molecule has 0 aromatic heterocycles. The number of carbonyl (C=O) groups excluding carboxylic acids is 3. The summed E-state index contributed by atoms with van der Waals surface area (Å²) in [4.78, 5) is 45.5. The Bertz CT molecular complexity index is 515. The zero-order valence-corrected chi connectivity index (χ0v) is 15.9. The van der Waals surface area contributed by atoms with Crippen molar-refractivity contribution in [2.45, 2.75) is 39.3 Å². The van der Waals surface area contributed by atoms with Crippen molar-refractivity contribution in [1.29, 1.82) is 0 Å². The first-order valence-corrected chi connectivity index (χ1v) is 9.27. The van der Waals surface area contributed by atoms with Crippen molar-refractivity contribution in [3.05, 3.63) is 0 Å². The standard InChI is InChI=1S/C14H25N2O8P/c1-9(13(19)22-5)16-25(20)23-8-14(2,3)11(24-25)12(18)15-7-6-10(17)21-4/h9,11,16,20H,6-8H2,1-5H3/p+1/t9-,11+,25?/m1/s1. The van der Waals surface area contributed by atoms with Gasteiger partial charge in [0.1, 0.15) is 12.6 Å². The van der Waals surface area contributed by atoms with Crippen molar-refractivity contribution >= 4 is 25.9 Å². The van der Waals surface area contributed by atoms with Gasteiger partial charge in [0.15, 0.2) is 6.10 Å². The molecule has 1 fully saturated rings. The van der Waals surface area contributed by atoms with Gasteiger partial charge in [-0.2, -0.15) is 9.42 Å². The van der Waals surface area contributed by atoms with E-state index in [2.05, 4.69) is 19.9 Å². The first-order chi connectivity index (χ1) is 11.5. The maximum absolute atomic E-state index is 12.4. The van der Waals surface area contributed by atoms with Crippen LogP contribution >= 0.6 is 8.09 Å². The monoisotopic (exact) mass is 381 g/mol. The van der Waals surface area contributed by atoms with Crippen molar-refractivity contribution in [3.8, 4) is 0 Å². The Hall–Kier alpha value is -1.32. The minimum absolute atomic E-state index is 0.0168. The average molecular weight is 381 g/mol. The maximum Gasteiger partial charge on any atom is 0.500 e. The van der Waals surface area contributed by atoms with Crippen molar-refractivity contribution in [1.82, 2.24) is 10.4 Å². The van der Waals surface area contributed by atoms with Crippen LogP contribution in [-0.2, 0) is 32.9 Å². The maximum atomic E-state index is 12.4. The van der Waals surface area contributed by atoms with Crippen molar-refractivity contribution < 1.29 is 37.8 Å². The summed E-state index contributed by atoms with van der Waals surface area (Å²) in [6.45, 7) is 5.07. The normalized spacial score (nSPS) is 26.4. The highest BCUT2D eigenvalue weighted by Crippen LogP contribution is 2.60. The molecule has 3 atom stereocenters. The van der Waals surface area contributed by atoms with Crippen LogP contribution in [0.15, 0.2) is 0 Å². The van der Waals surface area contributed by atoms with Crippen LogP contribution in [0.3, 0.4) is 0 Å². The summed E-state index contributed by atoms with van der Waals surface area (Å²) in [6, 6.07) is -0.882. The number of rotatable bonds is 7. The molecule has 0 saturated carbocycles. The van der Waals surface area contributed by atoms with Crippen molar-refractivity contribution in [3.63, 3.8) is 0 Å². The van der Waals surface area contributed by atoms with Gasteiger partial charge in [-0.1, -0.05) is 13.8 Å². The highest BCUT2D eigenvalue weighted by Gasteiger charge is 2.58. The predicted molar refractivity (Wildman–Crippen MR) is 88.0 cm³/mol. The zero-order valence-electron chi connectivity index (χ0n) is 15.0. The summed E-state index contributed by atoms with van der Waals surface area (Å²) in [5.41, 5.74) is -0.724. The molecule has 1 saturated heterocycles. The minimum Gasteiger partial charge on any atom is -0.469 e. The fourth-order valence-electron chi connectivity index (χ4n) is 2.07. The van der Waals surface area contributed by atoms with Gasteiger partial charge < -0.3 is 14.8 Å². The quantitative estimate of drug-likeness (QED) is 0.409. The zero-order chi connectivity index (χ0) is 19.3. The molecule has 144 valence electrons. The Kier molecular flexibility index (Phi) is 7.70. The van der Waals surface area contributed by atoms with E-state index in [0.717, 1.165) is 0 Å². The molecule has 1 aliphatic rings. The molecule has 1 rings (SSSR count). The van der Waals surface area contributed by atoms with E-state index < -0.39 is 43.5 Å². The van der Waals surface area contributed by atoms with E-state index >= 15 is 0 Å². The third kappa shape index (κ3) is 6.16. The first kappa shape index (κ1) is 21.7. The largest absolute Gasteiger partial charge is 0.500 e. The van der Waals surface area contributed by atoms with Crippen LogP contribution in [0, 0.1) is 5.41 Å². The molecule has 0 bridgehead atoms. The van der Waals surface area contributed by atoms with Gasteiger partial charge in [0.25, 0.3) is 5.91 Å². The lowest BCUT2D eigenvalue weighted by molar-refractivity contribution is -0.143. The van der Waals surface area contributed by atoms with Gasteiger partial charge in [0.05, 0.1) is 20.6 Å². The van der Waals surface area contributed by atoms with Crippen LogP contribution in [0.2, 0.25) is 0 Å². The van der Waals surface area contributed by atoms with Gasteiger partial charge in [0, 0.05) is 12.0 Å². The molecule has 0 aromatic rings. The SMILES string of the molecule is COC(=O)CCNC(=O)[C@@H]1O[P+](O)(N[C@H](C)C(=O)OC)OCC1(C)C. The van der Waals surface area contributed by atoms with Crippen LogP contribution in [0.1, 0.15) is 27.2 Å². The predicted octanol–water partition coefficient (Wildman–Crippen LogP) is -0.0717. The highest BCUT2D eigenvalue weighted by atomic mass is 31.2. The Balaban J connectivity index is 2.73. The minimum atomic E-state index is -3.64. The smallest absolute Gasteiger partial charge is 0.469 e. The fourth-order valence-corrected chi connectivity index (χ4v) is 4.04. The molecule has 1 unspecified atom stereocenters. The van der Waals surface area contributed by atoms with Gasteiger partial charge in [-0.15, -0.1) is 9.61 Å². The number of ether oxygens (including phenoxy) is 2. The van der Waals surface area contributed by atoms with Crippen LogP contribution in [0.5, 0.6) is 0 Å². The molecule has 10 nitrogen and oxygen atoms in total. The fraction of sp³-hybridized carbons (Fsp3) is 0.786. The molecule has 1 amide bonds. The summed E-state index contributed by atoms with van der Waals surface area (Å²) < 4.78 is 19.9. The van der Waals surface area contributed by atoms with Gasteiger partial charge in [-0.25, -0.2) is 0 Å². The third-order valence-corrected chi connectivity index (χ3v) is 5.26. The van der Waals surface area contributed by atoms with Crippen molar-refractivity contribution in [2.24, 2.45) is 5.41 Å². The van der Waals surface area contributed by atoms with Gasteiger partial charge in [0.2, 0.25) is 0 Å². The number of carbonyl (C=O) groups is 3. The number of hydrogen-bond acceptors (Lipinski definition) is 9. The van der Waals surface area contributed by atoms with Crippen LogP contribution < -0.4 is 10.4 Å². The second kappa shape index (κ2) is 8.86. The molecule has 0 aliphatic carbocycles. The molecule has 25 heavy (non-hydrogen) atoms. The van der Waals surface area contributed by atoms with E-state index in [9.17, 15) is 19.3 Å². The van der Waals surface area contributed by atoms with Gasteiger partial charge in [-0.05, 0) is 6.92 Å². The van der Waals surface area contributed by atoms with E-state index in [1.165, 1.54) is 21.1 Å². The molecule has 1 aliphatic heterocycles. The average Bonchev–Trinajstić information content (AvgIpc) is 2.56. The molecule has 0 spiro atoms. The molecule has 0 aromatic carbocycles. The van der Waals surface area contributed by atoms with E-state index in [1.54, 1.807) is 13.8 Å². The summed E-state index contributed by atoms with van der Waals surface area (Å²) in [5.74, 6) is -1.56. The lowest BCUT2D eigenvalue weighted by atomic mass is 9.87. The summed E-state index contributed by atoms with van der Waals surface area (Å²) >= 11 is 0. The lowest BCUT2D eigenvalue weighted by Gasteiger charge is -2.37. The molecule has 3 N–H and O–H groups in total. The third-order valence-electron chi connectivity index (χ3n) is 3.58. The Morgan fingerprint density at radius 1 is 1.32 bits per heavy atom. The number of amides is 1. The lowest BCUT2D eigenvalue weighted by Crippen LogP contribution is -2.52. The molecule has 11 heteroatoms. The highest BCUT2D eigenvalue weighted by molar-refractivity contribution is 7.58. The van der Waals surface area contributed by atoms with E-state index in [-0.39, 0.29) is 19.6 Å². The molecule has 1 heterocycles. The second-order valence-electron chi connectivity index (χ2n) is 6.26. The number of nitrogens with one attached hydrogen (secondary N) is 2. The van der Waals surface area contributed by atoms with E-state index in [0.29, 0.717) is 0 Å². The first-order valence-electron chi connectivity index (χ1n) is 7.69. The van der Waals surface area contributed by atoms with Gasteiger partial charge in [-0.3, -0.25) is 14.4 Å². The Morgan fingerprint density at radius 2 is 1.96 bits per heavy atom. The summed E-state index contributed by atoms with van der Waals surface area (Å²) in [7, 11) is -1.16. The van der Waals surface area contributed by atoms with Crippen molar-refractivity contribution in [2.75, 3.05) is 27.4 Å². The van der Waals surface area contributed by atoms with E-state index in [4.69, 9.17) is 9.05 Å². The summed E-state index contributed by atoms with van der Waals surface area (Å²) in [6.07, 6.45) is -1.02. The number of esters is 2. The summed E-state index contributed by atoms with van der Waals surface area (Å²) in [5, 5.41) is 5.11. The Morgan fingerprint density at radius 3 is 2.52 bits per heavy atom. The Labute approximate surface area is 147 Å². The number of hydrogen-bond donors (Lipinski definition) is 3. The molecular formula is C14H26N2O8P+. The number of methoxy groups -OCH3 is 2. The van der Waals surface area contributed by atoms with Crippen LogP contribution in [0.4, 0.5) is 0 Å². The van der Waals surface area contributed by atoms with Crippen LogP contribution in [0.25, 0.3) is 0 Å².